The van der Waals surface area contributed by atoms with Gasteiger partial charge < -0.3 is 15.0 Å². The summed E-state index contributed by atoms with van der Waals surface area (Å²) in [4.78, 5) is 0. The number of hydrogen-bond donors (Lipinski definition) is 2. The molecule has 0 aliphatic carbocycles. The topological polar surface area (TPSA) is 37.2 Å². The van der Waals surface area contributed by atoms with E-state index in [9.17, 15) is 4.39 Å². The average molecular weight is 312 g/mol. The maximum absolute atomic E-state index is 13.9. The van der Waals surface area contributed by atoms with Crippen molar-refractivity contribution in [3.63, 3.8) is 0 Å². The van der Waals surface area contributed by atoms with Gasteiger partial charge in [0.25, 0.3) is 0 Å². The van der Waals surface area contributed by atoms with E-state index < -0.39 is 0 Å². The van der Waals surface area contributed by atoms with Gasteiger partial charge in [0.2, 0.25) is 0 Å². The maximum Gasteiger partial charge on any atom is 0.128 e. The van der Waals surface area contributed by atoms with Crippen LogP contribution >= 0.6 is 0 Å². The third-order valence-corrected chi connectivity index (χ3v) is 4.00. The lowest BCUT2D eigenvalue weighted by Crippen LogP contribution is -2.15. The van der Waals surface area contributed by atoms with E-state index in [1.165, 1.54) is 17.0 Å². The third-order valence-electron chi connectivity index (χ3n) is 4.00. The maximum atomic E-state index is 13.9. The molecule has 0 saturated carbocycles. The van der Waals surface area contributed by atoms with Gasteiger partial charge in [0.15, 0.2) is 0 Å². The van der Waals surface area contributed by atoms with Crippen molar-refractivity contribution in [3.8, 4) is 0 Å². The number of nitrogens with one attached hydrogen (secondary N) is 1. The number of aliphatic hydroxyl groups excluding tert-OH is 1. The molecule has 0 saturated heterocycles. The van der Waals surface area contributed by atoms with Crippen molar-refractivity contribution in [2.45, 2.75) is 19.5 Å². The Morgan fingerprint density at radius 3 is 2.61 bits per heavy atom. The Hall–Kier alpha value is -2.17. The van der Waals surface area contributed by atoms with E-state index in [2.05, 4.69) is 28.2 Å². The molecule has 0 aliphatic heterocycles. The second-order valence-electron chi connectivity index (χ2n) is 5.64. The molecule has 0 atom stereocenters. The molecule has 2 N–H and O–H groups in total. The van der Waals surface area contributed by atoms with Crippen LogP contribution in [-0.4, -0.2) is 22.8 Å². The number of nitrogens with zero attached hydrogens (tertiary/aromatic N) is 1. The number of aromatic nitrogens is 1. The summed E-state index contributed by atoms with van der Waals surface area (Å²) < 4.78 is 16.0. The highest BCUT2D eigenvalue weighted by atomic mass is 19.1. The third kappa shape index (κ3) is 3.60. The predicted octanol–water partition coefficient (Wildman–Crippen LogP) is 3.30. The molecule has 4 heteroatoms. The first-order valence-corrected chi connectivity index (χ1v) is 7.91. The molecule has 23 heavy (non-hydrogen) atoms. The lowest BCUT2D eigenvalue weighted by Gasteiger charge is -2.06. The summed E-state index contributed by atoms with van der Waals surface area (Å²) in [5.41, 5.74) is 2.98. The lowest BCUT2D eigenvalue weighted by atomic mass is 10.2. The van der Waals surface area contributed by atoms with Crippen LogP contribution in [0.25, 0.3) is 10.9 Å². The second-order valence-corrected chi connectivity index (χ2v) is 5.64. The Morgan fingerprint density at radius 1 is 1.00 bits per heavy atom. The number of rotatable bonds is 7. The quantitative estimate of drug-likeness (QED) is 0.657. The molecule has 0 radical (unpaired) electrons. The predicted molar refractivity (Wildman–Crippen MR) is 90.8 cm³/mol. The molecule has 0 unspecified atom stereocenters. The standard InChI is InChI=1S/C19H21FN2O/c20-18-8-3-1-6-15(18)13-22-14-16(12-21-10-5-11-23)17-7-2-4-9-19(17)22/h1-4,6-9,14,21,23H,5,10-13H2. The van der Waals surface area contributed by atoms with E-state index in [1.54, 1.807) is 6.07 Å². The first-order valence-electron chi connectivity index (χ1n) is 7.91. The van der Waals surface area contributed by atoms with Gasteiger partial charge in [-0.15, -0.1) is 0 Å². The van der Waals surface area contributed by atoms with Crippen molar-refractivity contribution in [2.24, 2.45) is 0 Å². The van der Waals surface area contributed by atoms with E-state index in [4.69, 9.17) is 5.11 Å². The van der Waals surface area contributed by atoms with Crippen LogP contribution in [0.15, 0.2) is 54.7 Å². The molecule has 0 fully saturated rings. The molecule has 2 aromatic carbocycles. The number of fused-ring (bicyclic) bond motifs is 1. The molecule has 3 rings (SSSR count). The zero-order valence-electron chi connectivity index (χ0n) is 13.0. The van der Waals surface area contributed by atoms with Gasteiger partial charge in [-0.25, -0.2) is 4.39 Å². The fourth-order valence-electron chi connectivity index (χ4n) is 2.83. The number of halogens is 1. The molecule has 3 aromatic rings. The zero-order valence-corrected chi connectivity index (χ0v) is 13.0. The summed E-state index contributed by atoms with van der Waals surface area (Å²) in [6.45, 7) is 2.24. The summed E-state index contributed by atoms with van der Waals surface area (Å²) in [5, 5.41) is 13.4. The summed E-state index contributed by atoms with van der Waals surface area (Å²) >= 11 is 0. The van der Waals surface area contributed by atoms with Crippen LogP contribution in [0.1, 0.15) is 17.5 Å². The molecule has 0 amide bonds. The highest BCUT2D eigenvalue weighted by Gasteiger charge is 2.09. The summed E-state index contributed by atoms with van der Waals surface area (Å²) in [5.74, 6) is -0.173. The van der Waals surface area contributed by atoms with Crippen LogP contribution < -0.4 is 5.32 Å². The Morgan fingerprint density at radius 2 is 1.78 bits per heavy atom. The largest absolute Gasteiger partial charge is 0.396 e. The first kappa shape index (κ1) is 15.7. The van der Waals surface area contributed by atoms with Gasteiger partial charge in [0, 0.05) is 35.8 Å². The van der Waals surface area contributed by atoms with Gasteiger partial charge in [-0.1, -0.05) is 36.4 Å². The minimum atomic E-state index is -0.173. The number of para-hydroxylation sites is 1. The molecular weight excluding hydrogens is 291 g/mol. The normalized spacial score (nSPS) is 11.2. The Labute approximate surface area is 135 Å². The molecule has 3 nitrogen and oxygen atoms in total. The molecule has 0 aliphatic rings. The fourth-order valence-corrected chi connectivity index (χ4v) is 2.83. The number of benzene rings is 2. The van der Waals surface area contributed by atoms with Gasteiger partial charge in [-0.05, 0) is 30.7 Å². The van der Waals surface area contributed by atoms with Gasteiger partial charge in [0.1, 0.15) is 5.82 Å². The fraction of sp³-hybridized carbons (Fsp3) is 0.263. The monoisotopic (exact) mass is 312 g/mol. The second kappa shape index (κ2) is 7.40. The van der Waals surface area contributed by atoms with Crippen molar-refractivity contribution in [1.29, 1.82) is 0 Å². The SMILES string of the molecule is OCCCNCc1cn(Cc2ccccc2F)c2ccccc12. The van der Waals surface area contributed by atoms with E-state index >= 15 is 0 Å². The summed E-state index contributed by atoms with van der Waals surface area (Å²) in [6, 6.07) is 15.1. The van der Waals surface area contributed by atoms with Crippen molar-refractivity contribution >= 4 is 10.9 Å². The highest BCUT2D eigenvalue weighted by Crippen LogP contribution is 2.23. The lowest BCUT2D eigenvalue weighted by molar-refractivity contribution is 0.286. The molecule has 1 heterocycles. The van der Waals surface area contributed by atoms with Crippen molar-refractivity contribution in [1.82, 2.24) is 9.88 Å². The summed E-state index contributed by atoms with van der Waals surface area (Å²) in [7, 11) is 0. The van der Waals surface area contributed by atoms with Gasteiger partial charge in [-0.3, -0.25) is 0 Å². The smallest absolute Gasteiger partial charge is 0.128 e. The minimum absolute atomic E-state index is 0.173. The van der Waals surface area contributed by atoms with Crippen molar-refractivity contribution < 1.29 is 9.50 Å². The first-order chi connectivity index (χ1) is 11.3. The molecule has 0 spiro atoms. The van der Waals surface area contributed by atoms with E-state index in [0.717, 1.165) is 25.0 Å². The minimum Gasteiger partial charge on any atom is -0.396 e. The van der Waals surface area contributed by atoms with E-state index in [1.807, 2.05) is 24.3 Å². The van der Waals surface area contributed by atoms with Crippen molar-refractivity contribution in [3.05, 3.63) is 71.7 Å². The highest BCUT2D eigenvalue weighted by molar-refractivity contribution is 5.84. The average Bonchev–Trinajstić information content (AvgIpc) is 2.92. The number of aliphatic hydroxyl groups is 1. The molecular formula is C19H21FN2O. The van der Waals surface area contributed by atoms with Crippen LogP contribution in [0.5, 0.6) is 0 Å². The molecule has 1 aromatic heterocycles. The van der Waals surface area contributed by atoms with E-state index in [0.29, 0.717) is 12.1 Å². The van der Waals surface area contributed by atoms with Crippen LogP contribution in [0.3, 0.4) is 0 Å². The zero-order chi connectivity index (χ0) is 16.1. The van der Waals surface area contributed by atoms with Crippen LogP contribution in [0.4, 0.5) is 4.39 Å². The Kier molecular flexibility index (Phi) is 5.05. The van der Waals surface area contributed by atoms with Gasteiger partial charge in [-0.2, -0.15) is 0 Å². The number of hydrogen-bond acceptors (Lipinski definition) is 2. The summed E-state index contributed by atoms with van der Waals surface area (Å²) in [6.07, 6.45) is 2.83. The van der Waals surface area contributed by atoms with Gasteiger partial charge in [0.05, 0.1) is 6.54 Å². The van der Waals surface area contributed by atoms with Gasteiger partial charge >= 0.3 is 0 Å². The van der Waals surface area contributed by atoms with Crippen LogP contribution in [0, 0.1) is 5.82 Å². The molecule has 0 bridgehead atoms. The molecule has 120 valence electrons. The Balaban J connectivity index is 1.87. The van der Waals surface area contributed by atoms with Crippen LogP contribution in [-0.2, 0) is 13.1 Å². The van der Waals surface area contributed by atoms with E-state index in [-0.39, 0.29) is 12.4 Å². The Bertz CT molecular complexity index is 782. The van der Waals surface area contributed by atoms with Crippen molar-refractivity contribution in [2.75, 3.05) is 13.2 Å². The van der Waals surface area contributed by atoms with Crippen LogP contribution in [0.2, 0.25) is 0 Å².